The molecule has 0 N–H and O–H groups in total. The zero-order chi connectivity index (χ0) is 22.1. The lowest BCUT2D eigenvalue weighted by Gasteiger charge is -2.36. The van der Waals surface area contributed by atoms with Crippen LogP contribution in [0.4, 0.5) is 5.69 Å². The van der Waals surface area contributed by atoms with Crippen molar-refractivity contribution < 1.29 is 14.1 Å². The summed E-state index contributed by atoms with van der Waals surface area (Å²) in [7, 11) is 1.66. The second-order valence-corrected chi connectivity index (χ2v) is 8.16. The average molecular weight is 448 g/mol. The third-order valence-corrected chi connectivity index (χ3v) is 6.09. The van der Waals surface area contributed by atoms with Crippen molar-refractivity contribution in [2.45, 2.75) is 0 Å². The van der Waals surface area contributed by atoms with Crippen LogP contribution in [-0.2, 0) is 0 Å². The molecule has 1 fully saturated rings. The van der Waals surface area contributed by atoms with E-state index >= 15 is 0 Å². The van der Waals surface area contributed by atoms with Gasteiger partial charge in [0.1, 0.15) is 11.3 Å². The van der Waals surface area contributed by atoms with Crippen LogP contribution in [0, 0.1) is 0 Å². The Balaban J connectivity index is 1.32. The van der Waals surface area contributed by atoms with Crippen LogP contribution in [0.5, 0.6) is 5.75 Å². The second-order valence-electron chi connectivity index (χ2n) is 7.73. The minimum absolute atomic E-state index is 0.0181. The molecule has 1 aromatic heterocycles. The summed E-state index contributed by atoms with van der Waals surface area (Å²) in [6.45, 7) is 2.89. The highest BCUT2D eigenvalue weighted by molar-refractivity contribution is 6.30. The molecule has 0 aliphatic carbocycles. The van der Waals surface area contributed by atoms with E-state index in [2.05, 4.69) is 22.2 Å². The Morgan fingerprint density at radius 2 is 1.69 bits per heavy atom. The van der Waals surface area contributed by atoms with Crippen LogP contribution >= 0.6 is 11.6 Å². The highest BCUT2D eigenvalue weighted by Crippen LogP contribution is 2.30. The van der Waals surface area contributed by atoms with Gasteiger partial charge in [0.2, 0.25) is 0 Å². The first-order chi connectivity index (χ1) is 15.6. The molecule has 0 bridgehead atoms. The molecule has 0 unspecified atom stereocenters. The van der Waals surface area contributed by atoms with Crippen molar-refractivity contribution >= 4 is 34.1 Å². The first-order valence-corrected chi connectivity index (χ1v) is 10.8. The van der Waals surface area contributed by atoms with Crippen molar-refractivity contribution in [2.24, 2.45) is 0 Å². The van der Waals surface area contributed by atoms with E-state index < -0.39 is 0 Å². The highest BCUT2D eigenvalue weighted by atomic mass is 35.5. The number of hydrogen-bond acceptors (Lipinski definition) is 5. The number of anilines is 1. The number of benzene rings is 3. The summed E-state index contributed by atoms with van der Waals surface area (Å²) in [4.78, 5) is 17.4. The highest BCUT2D eigenvalue weighted by Gasteiger charge is 2.23. The van der Waals surface area contributed by atoms with Crippen molar-refractivity contribution in [1.82, 2.24) is 10.1 Å². The molecular weight excluding hydrogens is 426 g/mol. The van der Waals surface area contributed by atoms with Crippen molar-refractivity contribution in [2.75, 3.05) is 38.2 Å². The van der Waals surface area contributed by atoms with Gasteiger partial charge in [-0.25, -0.2) is 0 Å². The molecule has 4 aromatic rings. The SMILES string of the molecule is COc1ccc(N2CCN(C(=O)c3ccc4noc(-c5ccc(Cl)cc5)c4c3)CC2)cc1. The molecule has 1 aliphatic heterocycles. The maximum Gasteiger partial charge on any atom is 0.254 e. The third-order valence-electron chi connectivity index (χ3n) is 5.83. The molecule has 162 valence electrons. The number of nitrogens with zero attached hydrogens (tertiary/aromatic N) is 3. The molecule has 2 heterocycles. The lowest BCUT2D eigenvalue weighted by atomic mass is 10.1. The van der Waals surface area contributed by atoms with Gasteiger partial charge < -0.3 is 19.1 Å². The summed E-state index contributed by atoms with van der Waals surface area (Å²) in [6.07, 6.45) is 0. The smallest absolute Gasteiger partial charge is 0.254 e. The van der Waals surface area contributed by atoms with E-state index in [4.69, 9.17) is 20.9 Å². The lowest BCUT2D eigenvalue weighted by Crippen LogP contribution is -2.48. The summed E-state index contributed by atoms with van der Waals surface area (Å²) < 4.78 is 10.8. The van der Waals surface area contributed by atoms with Crippen LogP contribution in [0.15, 0.2) is 71.3 Å². The number of methoxy groups -OCH3 is 1. The van der Waals surface area contributed by atoms with E-state index in [1.54, 1.807) is 7.11 Å². The van der Waals surface area contributed by atoms with Gasteiger partial charge >= 0.3 is 0 Å². The molecule has 6 nitrogen and oxygen atoms in total. The summed E-state index contributed by atoms with van der Waals surface area (Å²) in [5.41, 5.74) is 3.36. The number of rotatable bonds is 4. The zero-order valence-electron chi connectivity index (χ0n) is 17.6. The maximum atomic E-state index is 13.2. The Kier molecular flexibility index (Phi) is 5.45. The fraction of sp³-hybridized carbons (Fsp3) is 0.200. The molecular formula is C25H22ClN3O3. The molecule has 7 heteroatoms. The molecule has 0 radical (unpaired) electrons. The van der Waals surface area contributed by atoms with Gasteiger partial charge in [0.15, 0.2) is 5.76 Å². The Hall–Kier alpha value is -3.51. The van der Waals surface area contributed by atoms with E-state index in [-0.39, 0.29) is 5.91 Å². The number of amides is 1. The molecule has 0 saturated carbocycles. The molecule has 3 aromatic carbocycles. The third kappa shape index (κ3) is 3.89. The molecule has 32 heavy (non-hydrogen) atoms. The lowest BCUT2D eigenvalue weighted by molar-refractivity contribution is 0.0747. The quantitative estimate of drug-likeness (QED) is 0.434. The minimum atomic E-state index is 0.0181. The zero-order valence-corrected chi connectivity index (χ0v) is 18.4. The Bertz CT molecular complexity index is 1240. The van der Waals surface area contributed by atoms with Gasteiger partial charge in [-0.2, -0.15) is 0 Å². The van der Waals surface area contributed by atoms with Crippen molar-refractivity contribution in [3.05, 3.63) is 77.3 Å². The van der Waals surface area contributed by atoms with Gasteiger partial charge in [0.25, 0.3) is 5.91 Å². The Morgan fingerprint density at radius 1 is 0.969 bits per heavy atom. The second kappa shape index (κ2) is 8.55. The first-order valence-electron chi connectivity index (χ1n) is 10.5. The number of fused-ring (bicyclic) bond motifs is 1. The van der Waals surface area contributed by atoms with Crippen LogP contribution in [0.3, 0.4) is 0 Å². The normalized spacial score (nSPS) is 14.1. The summed E-state index contributed by atoms with van der Waals surface area (Å²) >= 11 is 6.00. The van der Waals surface area contributed by atoms with Gasteiger partial charge in [-0.05, 0) is 66.7 Å². The topological polar surface area (TPSA) is 58.8 Å². The number of halogens is 1. The fourth-order valence-corrected chi connectivity index (χ4v) is 4.15. The first kappa shape index (κ1) is 20.4. The van der Waals surface area contributed by atoms with Crippen LogP contribution in [0.2, 0.25) is 5.02 Å². The van der Waals surface area contributed by atoms with E-state index in [1.165, 1.54) is 0 Å². The monoisotopic (exact) mass is 447 g/mol. The molecule has 0 atom stereocenters. The Labute approximate surface area is 190 Å². The Morgan fingerprint density at radius 3 is 2.38 bits per heavy atom. The molecule has 5 rings (SSSR count). The van der Waals surface area contributed by atoms with E-state index in [0.29, 0.717) is 29.4 Å². The fourth-order valence-electron chi connectivity index (χ4n) is 4.03. The summed E-state index contributed by atoms with van der Waals surface area (Å²) in [5.74, 6) is 1.49. The van der Waals surface area contributed by atoms with Crippen LogP contribution in [0.1, 0.15) is 10.4 Å². The van der Waals surface area contributed by atoms with Gasteiger partial charge in [-0.1, -0.05) is 16.8 Å². The van der Waals surface area contributed by atoms with Gasteiger partial charge in [0.05, 0.1) is 12.5 Å². The van der Waals surface area contributed by atoms with E-state index in [0.717, 1.165) is 41.0 Å². The van der Waals surface area contributed by atoms with E-state index in [1.807, 2.05) is 59.5 Å². The maximum absolute atomic E-state index is 13.2. The number of hydrogen-bond donors (Lipinski definition) is 0. The van der Waals surface area contributed by atoms with Crippen LogP contribution in [0.25, 0.3) is 22.2 Å². The number of ether oxygens (including phenoxy) is 1. The molecule has 0 spiro atoms. The molecule has 1 aliphatic rings. The number of carbonyl (C=O) groups is 1. The summed E-state index contributed by atoms with van der Waals surface area (Å²) in [6, 6.07) is 20.9. The van der Waals surface area contributed by atoms with Crippen molar-refractivity contribution in [3.63, 3.8) is 0 Å². The molecule has 1 saturated heterocycles. The number of piperazine rings is 1. The van der Waals surface area contributed by atoms with Crippen molar-refractivity contribution in [1.29, 1.82) is 0 Å². The predicted molar refractivity (Wildman–Crippen MR) is 126 cm³/mol. The average Bonchev–Trinajstić information content (AvgIpc) is 3.27. The predicted octanol–water partition coefficient (Wildman–Crippen LogP) is 5.12. The number of aromatic nitrogens is 1. The van der Waals surface area contributed by atoms with Gasteiger partial charge in [0, 0.05) is 48.0 Å². The van der Waals surface area contributed by atoms with Gasteiger partial charge in [-0.15, -0.1) is 0 Å². The van der Waals surface area contributed by atoms with Crippen molar-refractivity contribution in [3.8, 4) is 17.1 Å². The number of carbonyl (C=O) groups excluding carboxylic acids is 1. The standard InChI is InChI=1S/C25H22ClN3O3/c1-31-21-9-7-20(8-10-21)28-12-14-29(15-13-28)25(30)18-4-11-23-22(16-18)24(32-27-23)17-2-5-19(26)6-3-17/h2-11,16H,12-15H2,1H3. The summed E-state index contributed by atoms with van der Waals surface area (Å²) in [5, 5.41) is 5.61. The van der Waals surface area contributed by atoms with Crippen LogP contribution < -0.4 is 9.64 Å². The molecule has 1 amide bonds. The van der Waals surface area contributed by atoms with Gasteiger partial charge in [-0.3, -0.25) is 4.79 Å². The largest absolute Gasteiger partial charge is 0.497 e. The van der Waals surface area contributed by atoms with Crippen LogP contribution in [-0.4, -0.2) is 49.3 Å². The van der Waals surface area contributed by atoms with E-state index in [9.17, 15) is 4.79 Å². The minimum Gasteiger partial charge on any atom is -0.497 e.